The Hall–Kier alpha value is -2.17. The Balaban J connectivity index is 1.76. The topological polar surface area (TPSA) is 59.8 Å². The van der Waals surface area contributed by atoms with Gasteiger partial charge in [0.25, 0.3) is 5.91 Å². The van der Waals surface area contributed by atoms with Gasteiger partial charge < -0.3 is 5.32 Å². The lowest BCUT2D eigenvalue weighted by atomic mass is 9.96. The number of nitrogens with one attached hydrogen (secondary N) is 1. The highest BCUT2D eigenvalue weighted by Gasteiger charge is 2.19. The van der Waals surface area contributed by atoms with Gasteiger partial charge in [-0.3, -0.25) is 4.79 Å². The van der Waals surface area contributed by atoms with Crippen LogP contribution in [0.5, 0.6) is 0 Å². The lowest BCUT2D eigenvalue weighted by Crippen LogP contribution is -2.21. The molecule has 1 fully saturated rings. The first-order chi connectivity index (χ1) is 10.2. The highest BCUT2D eigenvalue weighted by molar-refractivity contribution is 6.02. The standard InChI is InChI=1S/C16H20N4O/c1-12-6-5-9-14(18-12)16(21)19-15-10-11-17-20(15)13-7-3-2-4-8-13/h5-6,9-11,13H,2-4,7-8H2,1H3,(H,19,21). The van der Waals surface area contributed by atoms with Crippen LogP contribution in [-0.2, 0) is 0 Å². The van der Waals surface area contributed by atoms with Crippen molar-refractivity contribution in [3.63, 3.8) is 0 Å². The normalized spacial score (nSPS) is 15.9. The molecular weight excluding hydrogens is 264 g/mol. The number of pyridine rings is 1. The van der Waals surface area contributed by atoms with E-state index in [0.29, 0.717) is 11.7 Å². The van der Waals surface area contributed by atoms with Gasteiger partial charge in [-0.15, -0.1) is 0 Å². The molecule has 0 unspecified atom stereocenters. The first kappa shape index (κ1) is 13.8. The van der Waals surface area contributed by atoms with Gasteiger partial charge >= 0.3 is 0 Å². The molecule has 2 aromatic rings. The predicted octanol–water partition coefficient (Wildman–Crippen LogP) is 3.34. The Kier molecular flexibility index (Phi) is 3.99. The maximum atomic E-state index is 12.3. The molecule has 1 saturated carbocycles. The Bertz CT molecular complexity index is 629. The maximum absolute atomic E-state index is 12.3. The summed E-state index contributed by atoms with van der Waals surface area (Å²) in [7, 11) is 0. The second-order valence-electron chi connectivity index (χ2n) is 5.57. The molecule has 2 aromatic heterocycles. The van der Waals surface area contributed by atoms with E-state index in [9.17, 15) is 4.79 Å². The molecule has 0 saturated heterocycles. The highest BCUT2D eigenvalue weighted by atomic mass is 16.2. The number of amides is 1. The molecule has 0 radical (unpaired) electrons. The van der Waals surface area contributed by atoms with E-state index in [4.69, 9.17) is 0 Å². The third kappa shape index (κ3) is 3.12. The minimum atomic E-state index is -0.184. The first-order valence-corrected chi connectivity index (χ1v) is 7.52. The van der Waals surface area contributed by atoms with Crippen LogP contribution in [0.15, 0.2) is 30.5 Å². The van der Waals surface area contributed by atoms with Crippen molar-refractivity contribution in [2.75, 3.05) is 5.32 Å². The van der Waals surface area contributed by atoms with Crippen LogP contribution in [0.3, 0.4) is 0 Å². The molecule has 0 atom stereocenters. The number of nitrogens with zero attached hydrogens (tertiary/aromatic N) is 3. The van der Waals surface area contributed by atoms with Gasteiger partial charge in [0.1, 0.15) is 11.5 Å². The largest absolute Gasteiger partial charge is 0.305 e. The fraction of sp³-hybridized carbons (Fsp3) is 0.438. The van der Waals surface area contributed by atoms with Crippen LogP contribution in [0, 0.1) is 6.92 Å². The Morgan fingerprint density at radius 2 is 2.05 bits per heavy atom. The van der Waals surface area contributed by atoms with Crippen molar-refractivity contribution in [2.45, 2.75) is 45.1 Å². The molecule has 5 nitrogen and oxygen atoms in total. The Morgan fingerprint density at radius 1 is 1.24 bits per heavy atom. The molecule has 1 aliphatic carbocycles. The van der Waals surface area contributed by atoms with Crippen LogP contribution < -0.4 is 5.32 Å². The zero-order valence-corrected chi connectivity index (χ0v) is 12.2. The number of hydrogen-bond donors (Lipinski definition) is 1. The molecule has 3 rings (SSSR count). The number of carbonyl (C=O) groups is 1. The van der Waals surface area contributed by atoms with Crippen molar-refractivity contribution in [3.8, 4) is 0 Å². The number of hydrogen-bond acceptors (Lipinski definition) is 3. The van der Waals surface area contributed by atoms with E-state index >= 15 is 0 Å². The van der Waals surface area contributed by atoms with Crippen LogP contribution in [0.4, 0.5) is 5.82 Å². The number of anilines is 1. The molecule has 1 N–H and O–H groups in total. The van der Waals surface area contributed by atoms with Crippen molar-refractivity contribution in [1.29, 1.82) is 0 Å². The van der Waals surface area contributed by atoms with E-state index in [0.717, 1.165) is 24.4 Å². The number of aromatic nitrogens is 3. The van der Waals surface area contributed by atoms with Gasteiger partial charge in [-0.2, -0.15) is 5.10 Å². The summed E-state index contributed by atoms with van der Waals surface area (Å²) < 4.78 is 1.95. The summed E-state index contributed by atoms with van der Waals surface area (Å²) in [6, 6.07) is 7.69. The fourth-order valence-electron chi connectivity index (χ4n) is 2.88. The fourth-order valence-corrected chi connectivity index (χ4v) is 2.88. The van der Waals surface area contributed by atoms with Gasteiger partial charge in [-0.25, -0.2) is 9.67 Å². The van der Waals surface area contributed by atoms with Gasteiger partial charge in [-0.1, -0.05) is 25.3 Å². The third-order valence-corrected chi connectivity index (χ3v) is 3.95. The lowest BCUT2D eigenvalue weighted by molar-refractivity contribution is 0.102. The molecule has 0 aliphatic heterocycles. The van der Waals surface area contributed by atoms with Crippen LogP contribution >= 0.6 is 0 Å². The van der Waals surface area contributed by atoms with Crippen molar-refractivity contribution in [1.82, 2.24) is 14.8 Å². The monoisotopic (exact) mass is 284 g/mol. The predicted molar refractivity (Wildman–Crippen MR) is 81.3 cm³/mol. The van der Waals surface area contributed by atoms with E-state index < -0.39 is 0 Å². The summed E-state index contributed by atoms with van der Waals surface area (Å²) in [4.78, 5) is 16.5. The zero-order chi connectivity index (χ0) is 14.7. The van der Waals surface area contributed by atoms with E-state index in [1.165, 1.54) is 19.3 Å². The average Bonchev–Trinajstić information content (AvgIpc) is 2.96. The highest BCUT2D eigenvalue weighted by Crippen LogP contribution is 2.29. The minimum Gasteiger partial charge on any atom is -0.305 e. The summed E-state index contributed by atoms with van der Waals surface area (Å²) >= 11 is 0. The Labute approximate surface area is 124 Å². The molecular formula is C16H20N4O. The van der Waals surface area contributed by atoms with E-state index in [1.54, 1.807) is 12.3 Å². The molecule has 0 spiro atoms. The van der Waals surface area contributed by atoms with Gasteiger partial charge in [-0.05, 0) is 31.9 Å². The average molecular weight is 284 g/mol. The van der Waals surface area contributed by atoms with E-state index in [-0.39, 0.29) is 5.91 Å². The molecule has 21 heavy (non-hydrogen) atoms. The summed E-state index contributed by atoms with van der Waals surface area (Å²) in [6.07, 6.45) is 7.77. The smallest absolute Gasteiger partial charge is 0.275 e. The zero-order valence-electron chi connectivity index (χ0n) is 12.2. The molecule has 0 aromatic carbocycles. The summed E-state index contributed by atoms with van der Waals surface area (Å²) in [5.74, 6) is 0.575. The summed E-state index contributed by atoms with van der Waals surface area (Å²) in [5.41, 5.74) is 1.27. The van der Waals surface area contributed by atoms with Crippen LogP contribution in [0.2, 0.25) is 0 Å². The van der Waals surface area contributed by atoms with Gasteiger partial charge in [0.15, 0.2) is 0 Å². The van der Waals surface area contributed by atoms with Gasteiger partial charge in [0.05, 0.1) is 12.2 Å². The van der Waals surface area contributed by atoms with Gasteiger partial charge in [0.2, 0.25) is 0 Å². The van der Waals surface area contributed by atoms with E-state index in [1.807, 2.05) is 29.8 Å². The first-order valence-electron chi connectivity index (χ1n) is 7.52. The number of aryl methyl sites for hydroxylation is 1. The third-order valence-electron chi connectivity index (χ3n) is 3.95. The van der Waals surface area contributed by atoms with Crippen molar-refractivity contribution >= 4 is 11.7 Å². The minimum absolute atomic E-state index is 0.184. The van der Waals surface area contributed by atoms with Crippen molar-refractivity contribution in [3.05, 3.63) is 41.9 Å². The number of carbonyl (C=O) groups excluding carboxylic acids is 1. The summed E-state index contributed by atoms with van der Waals surface area (Å²) in [6.45, 7) is 1.88. The maximum Gasteiger partial charge on any atom is 0.275 e. The lowest BCUT2D eigenvalue weighted by Gasteiger charge is -2.23. The molecule has 1 amide bonds. The summed E-state index contributed by atoms with van der Waals surface area (Å²) in [5, 5.41) is 7.32. The molecule has 110 valence electrons. The quantitative estimate of drug-likeness (QED) is 0.940. The molecule has 2 heterocycles. The van der Waals surface area contributed by atoms with Crippen molar-refractivity contribution in [2.24, 2.45) is 0 Å². The second-order valence-corrected chi connectivity index (χ2v) is 5.57. The van der Waals surface area contributed by atoms with Gasteiger partial charge in [0, 0.05) is 11.8 Å². The van der Waals surface area contributed by atoms with Crippen molar-refractivity contribution < 1.29 is 4.79 Å². The van der Waals surface area contributed by atoms with E-state index in [2.05, 4.69) is 15.4 Å². The van der Waals surface area contributed by atoms with Crippen LogP contribution in [0.25, 0.3) is 0 Å². The number of rotatable bonds is 3. The SMILES string of the molecule is Cc1cccc(C(=O)Nc2ccnn2C2CCCCC2)n1. The molecule has 1 aliphatic rings. The molecule has 0 bridgehead atoms. The second kappa shape index (κ2) is 6.08. The van der Waals surface area contributed by atoms with Crippen LogP contribution in [0.1, 0.15) is 54.3 Å². The Morgan fingerprint density at radius 3 is 2.81 bits per heavy atom. The van der Waals surface area contributed by atoms with Crippen LogP contribution in [-0.4, -0.2) is 20.7 Å². The molecule has 5 heteroatoms.